The Labute approximate surface area is 120 Å². The highest BCUT2D eigenvalue weighted by Gasteiger charge is 2.06. The van der Waals surface area contributed by atoms with E-state index in [1.54, 1.807) is 12.1 Å². The molecule has 1 atom stereocenters. The van der Waals surface area contributed by atoms with Crippen molar-refractivity contribution < 1.29 is 4.39 Å². The predicted octanol–water partition coefficient (Wildman–Crippen LogP) is 3.50. The number of nitrogens with zero attached hydrogens (tertiary/aromatic N) is 1. The summed E-state index contributed by atoms with van der Waals surface area (Å²) in [6.07, 6.45) is 3.63. The number of nitrogens with one attached hydrogen (secondary N) is 1. The van der Waals surface area contributed by atoms with Gasteiger partial charge in [-0.05, 0) is 49.1 Å². The van der Waals surface area contributed by atoms with Crippen LogP contribution in [0.15, 0.2) is 42.6 Å². The maximum absolute atomic E-state index is 13.1. The second-order valence-electron chi connectivity index (χ2n) is 5.08. The summed E-state index contributed by atoms with van der Waals surface area (Å²) in [5.41, 5.74) is 3.39. The number of rotatable bonds is 6. The first-order chi connectivity index (χ1) is 9.69. The van der Waals surface area contributed by atoms with E-state index in [1.807, 2.05) is 18.3 Å². The van der Waals surface area contributed by atoms with E-state index < -0.39 is 0 Å². The van der Waals surface area contributed by atoms with Gasteiger partial charge in [-0.25, -0.2) is 4.39 Å². The molecule has 0 bridgehead atoms. The highest BCUT2D eigenvalue weighted by molar-refractivity contribution is 5.20. The van der Waals surface area contributed by atoms with Gasteiger partial charge in [0.15, 0.2) is 0 Å². The van der Waals surface area contributed by atoms with Crippen LogP contribution in [0.25, 0.3) is 0 Å². The number of hydrogen-bond donors (Lipinski definition) is 1. The molecule has 1 aromatic carbocycles. The summed E-state index contributed by atoms with van der Waals surface area (Å²) < 4.78 is 13.1. The minimum atomic E-state index is -0.173. The zero-order valence-corrected chi connectivity index (χ0v) is 12.1. The SMILES string of the molecule is CCc1cccnc1CNC(C)Cc1cccc(F)c1. The van der Waals surface area contributed by atoms with Crippen LogP contribution in [0.1, 0.15) is 30.7 Å². The molecule has 0 amide bonds. The molecule has 0 saturated carbocycles. The fraction of sp³-hybridized carbons (Fsp3) is 0.353. The maximum Gasteiger partial charge on any atom is 0.123 e. The Balaban J connectivity index is 1.90. The minimum absolute atomic E-state index is 0.173. The van der Waals surface area contributed by atoms with Gasteiger partial charge in [0, 0.05) is 18.8 Å². The standard InChI is InChI=1S/C17H21FN2/c1-3-15-7-5-9-19-17(15)12-20-13(2)10-14-6-4-8-16(18)11-14/h4-9,11,13,20H,3,10,12H2,1-2H3. The molecule has 106 valence electrons. The van der Waals surface area contributed by atoms with Gasteiger partial charge in [-0.1, -0.05) is 25.1 Å². The second-order valence-corrected chi connectivity index (χ2v) is 5.08. The minimum Gasteiger partial charge on any atom is -0.308 e. The summed E-state index contributed by atoms with van der Waals surface area (Å²) in [5, 5.41) is 3.46. The molecule has 0 fully saturated rings. The molecule has 3 heteroatoms. The lowest BCUT2D eigenvalue weighted by atomic mass is 10.1. The fourth-order valence-corrected chi connectivity index (χ4v) is 2.31. The molecule has 0 aliphatic carbocycles. The van der Waals surface area contributed by atoms with Crippen molar-refractivity contribution in [2.45, 2.75) is 39.3 Å². The lowest BCUT2D eigenvalue weighted by Crippen LogP contribution is -2.28. The first-order valence-corrected chi connectivity index (χ1v) is 7.09. The van der Waals surface area contributed by atoms with E-state index in [9.17, 15) is 4.39 Å². The molecule has 0 aliphatic heterocycles. The van der Waals surface area contributed by atoms with Gasteiger partial charge >= 0.3 is 0 Å². The molecule has 1 unspecified atom stereocenters. The smallest absolute Gasteiger partial charge is 0.123 e. The van der Waals surface area contributed by atoms with E-state index >= 15 is 0 Å². The van der Waals surface area contributed by atoms with Crippen LogP contribution in [0.4, 0.5) is 4.39 Å². The Bertz CT molecular complexity index is 554. The molecule has 1 N–H and O–H groups in total. The van der Waals surface area contributed by atoms with E-state index in [-0.39, 0.29) is 11.9 Å². The molecule has 0 aliphatic rings. The second kappa shape index (κ2) is 7.15. The fourth-order valence-electron chi connectivity index (χ4n) is 2.31. The first-order valence-electron chi connectivity index (χ1n) is 7.09. The molecule has 1 aromatic heterocycles. The summed E-state index contributed by atoms with van der Waals surface area (Å²) in [6, 6.07) is 11.1. The van der Waals surface area contributed by atoms with E-state index in [0.29, 0.717) is 0 Å². The molecule has 0 saturated heterocycles. The third-order valence-corrected chi connectivity index (χ3v) is 3.41. The van der Waals surface area contributed by atoms with Crippen LogP contribution >= 0.6 is 0 Å². The van der Waals surface area contributed by atoms with Crippen LogP contribution in [0.3, 0.4) is 0 Å². The normalized spacial score (nSPS) is 12.3. The lowest BCUT2D eigenvalue weighted by molar-refractivity contribution is 0.535. The van der Waals surface area contributed by atoms with Crippen molar-refractivity contribution in [2.24, 2.45) is 0 Å². The van der Waals surface area contributed by atoms with Crippen LogP contribution in [-0.2, 0) is 19.4 Å². The maximum atomic E-state index is 13.1. The van der Waals surface area contributed by atoms with Crippen molar-refractivity contribution in [2.75, 3.05) is 0 Å². The molecule has 20 heavy (non-hydrogen) atoms. The average Bonchev–Trinajstić information content (AvgIpc) is 2.45. The number of hydrogen-bond acceptors (Lipinski definition) is 2. The molecule has 1 heterocycles. The van der Waals surface area contributed by atoms with E-state index in [0.717, 1.165) is 30.6 Å². The van der Waals surface area contributed by atoms with Crippen LogP contribution in [0.2, 0.25) is 0 Å². The van der Waals surface area contributed by atoms with Crippen molar-refractivity contribution >= 4 is 0 Å². The molecule has 2 rings (SSSR count). The molecule has 2 aromatic rings. The van der Waals surface area contributed by atoms with Crippen molar-refractivity contribution in [3.63, 3.8) is 0 Å². The van der Waals surface area contributed by atoms with Crippen molar-refractivity contribution in [3.8, 4) is 0 Å². The zero-order chi connectivity index (χ0) is 14.4. The molecule has 0 spiro atoms. The van der Waals surface area contributed by atoms with Gasteiger partial charge in [0.2, 0.25) is 0 Å². The number of halogens is 1. The zero-order valence-electron chi connectivity index (χ0n) is 12.1. The third-order valence-electron chi connectivity index (χ3n) is 3.41. The molecule has 0 radical (unpaired) electrons. The van der Waals surface area contributed by atoms with Crippen LogP contribution in [-0.4, -0.2) is 11.0 Å². The average molecular weight is 272 g/mol. The van der Waals surface area contributed by atoms with E-state index in [2.05, 4.69) is 30.2 Å². The van der Waals surface area contributed by atoms with Crippen molar-refractivity contribution in [1.82, 2.24) is 10.3 Å². The van der Waals surface area contributed by atoms with E-state index in [1.165, 1.54) is 11.6 Å². The Morgan fingerprint density at radius 2 is 2.10 bits per heavy atom. The quantitative estimate of drug-likeness (QED) is 0.870. The summed E-state index contributed by atoms with van der Waals surface area (Å²) in [7, 11) is 0. The summed E-state index contributed by atoms with van der Waals surface area (Å²) in [4.78, 5) is 4.42. The van der Waals surface area contributed by atoms with Crippen molar-refractivity contribution in [1.29, 1.82) is 0 Å². The Morgan fingerprint density at radius 3 is 2.85 bits per heavy atom. The number of pyridine rings is 1. The third kappa shape index (κ3) is 4.14. The molecular weight excluding hydrogens is 251 g/mol. The topological polar surface area (TPSA) is 24.9 Å². The van der Waals surface area contributed by atoms with Gasteiger partial charge in [-0.15, -0.1) is 0 Å². The monoisotopic (exact) mass is 272 g/mol. The van der Waals surface area contributed by atoms with Gasteiger partial charge < -0.3 is 5.32 Å². The first kappa shape index (κ1) is 14.7. The predicted molar refractivity (Wildman–Crippen MR) is 80.0 cm³/mol. The summed E-state index contributed by atoms with van der Waals surface area (Å²) in [5.74, 6) is -0.173. The van der Waals surface area contributed by atoms with Crippen LogP contribution < -0.4 is 5.32 Å². The van der Waals surface area contributed by atoms with Gasteiger partial charge in [0.05, 0.1) is 5.69 Å². The Kier molecular flexibility index (Phi) is 5.24. The van der Waals surface area contributed by atoms with Gasteiger partial charge in [-0.3, -0.25) is 4.98 Å². The van der Waals surface area contributed by atoms with Gasteiger partial charge in [0.25, 0.3) is 0 Å². The highest BCUT2D eigenvalue weighted by Crippen LogP contribution is 2.09. The summed E-state index contributed by atoms with van der Waals surface area (Å²) in [6.45, 7) is 5.00. The number of aryl methyl sites for hydroxylation is 1. The highest BCUT2D eigenvalue weighted by atomic mass is 19.1. The Morgan fingerprint density at radius 1 is 1.25 bits per heavy atom. The van der Waals surface area contributed by atoms with Gasteiger partial charge in [0.1, 0.15) is 5.82 Å². The Hall–Kier alpha value is -1.74. The lowest BCUT2D eigenvalue weighted by Gasteiger charge is -2.15. The van der Waals surface area contributed by atoms with Crippen LogP contribution in [0.5, 0.6) is 0 Å². The summed E-state index contributed by atoms with van der Waals surface area (Å²) >= 11 is 0. The molecular formula is C17H21FN2. The largest absolute Gasteiger partial charge is 0.308 e. The van der Waals surface area contributed by atoms with Crippen molar-refractivity contribution in [3.05, 3.63) is 65.2 Å². The van der Waals surface area contributed by atoms with E-state index in [4.69, 9.17) is 0 Å². The molecule has 2 nitrogen and oxygen atoms in total. The number of benzene rings is 1. The van der Waals surface area contributed by atoms with Crippen LogP contribution in [0, 0.1) is 5.82 Å². The number of aromatic nitrogens is 1. The van der Waals surface area contributed by atoms with Gasteiger partial charge in [-0.2, -0.15) is 0 Å².